The molecule has 0 atom stereocenters. The number of esters is 1. The minimum absolute atomic E-state index is 0.271. The summed E-state index contributed by atoms with van der Waals surface area (Å²) >= 11 is 11.0. The van der Waals surface area contributed by atoms with E-state index in [1.807, 2.05) is 37.4 Å². The van der Waals surface area contributed by atoms with Crippen LogP contribution in [0.25, 0.3) is 10.6 Å². The topological polar surface area (TPSA) is 39.2 Å². The van der Waals surface area contributed by atoms with Gasteiger partial charge in [-0.3, -0.25) is 4.79 Å². The van der Waals surface area contributed by atoms with Crippen LogP contribution in [0, 0.1) is 0 Å². The highest BCUT2D eigenvalue weighted by molar-refractivity contribution is 9.10. The fraction of sp³-hybridized carbons (Fsp3) is 0.333. The summed E-state index contributed by atoms with van der Waals surface area (Å²) in [4.78, 5) is 16.6. The molecule has 1 heterocycles. The van der Waals surface area contributed by atoms with Gasteiger partial charge in [-0.05, 0) is 39.0 Å². The third-order valence-electron chi connectivity index (χ3n) is 3.09. The normalized spacial score (nSPS) is 11.5. The Hall–Kier alpha value is -0.910. The molecule has 1 aromatic heterocycles. The van der Waals surface area contributed by atoms with Gasteiger partial charge in [0, 0.05) is 20.4 Å². The summed E-state index contributed by atoms with van der Waals surface area (Å²) in [6.45, 7) is 5.79. The smallest absolute Gasteiger partial charge is 0.317 e. The van der Waals surface area contributed by atoms with Crippen molar-refractivity contribution in [1.29, 1.82) is 0 Å². The highest BCUT2D eigenvalue weighted by atomic mass is 79.9. The van der Waals surface area contributed by atoms with Gasteiger partial charge in [-0.1, -0.05) is 27.5 Å². The molecule has 2 aromatic rings. The lowest BCUT2D eigenvalue weighted by molar-refractivity contribution is -0.148. The van der Waals surface area contributed by atoms with Gasteiger partial charge in [0.15, 0.2) is 0 Å². The van der Waals surface area contributed by atoms with E-state index in [-0.39, 0.29) is 5.97 Å². The van der Waals surface area contributed by atoms with E-state index >= 15 is 0 Å². The molecule has 112 valence electrons. The number of ether oxygens (including phenoxy) is 1. The third kappa shape index (κ3) is 3.47. The second-order valence-electron chi connectivity index (χ2n) is 5.01. The highest BCUT2D eigenvalue weighted by Gasteiger charge is 2.34. The Morgan fingerprint density at radius 2 is 2.19 bits per heavy atom. The van der Waals surface area contributed by atoms with Crippen LogP contribution >= 0.6 is 38.9 Å². The van der Waals surface area contributed by atoms with Crippen molar-refractivity contribution in [1.82, 2.24) is 4.98 Å². The molecule has 2 rings (SSSR count). The van der Waals surface area contributed by atoms with Crippen molar-refractivity contribution in [3.8, 4) is 10.6 Å². The number of rotatable bonds is 4. The minimum atomic E-state index is -0.768. The van der Waals surface area contributed by atoms with E-state index in [1.54, 1.807) is 6.92 Å². The van der Waals surface area contributed by atoms with Crippen LogP contribution in [0.5, 0.6) is 0 Å². The maximum Gasteiger partial charge on any atom is 0.317 e. The molecule has 0 unspecified atom stereocenters. The largest absolute Gasteiger partial charge is 0.465 e. The van der Waals surface area contributed by atoms with E-state index < -0.39 is 5.41 Å². The monoisotopic (exact) mass is 387 g/mol. The Morgan fingerprint density at radius 3 is 2.86 bits per heavy atom. The second kappa shape index (κ2) is 6.46. The average molecular weight is 389 g/mol. The molecule has 3 nitrogen and oxygen atoms in total. The zero-order valence-electron chi connectivity index (χ0n) is 11.9. The number of aromatic nitrogens is 1. The molecule has 1 aromatic carbocycles. The molecule has 0 bridgehead atoms. The van der Waals surface area contributed by atoms with Crippen molar-refractivity contribution in [2.24, 2.45) is 0 Å². The summed E-state index contributed by atoms with van der Waals surface area (Å²) in [6, 6.07) is 5.55. The van der Waals surface area contributed by atoms with Gasteiger partial charge in [-0.15, -0.1) is 11.3 Å². The van der Waals surface area contributed by atoms with Crippen LogP contribution in [0.3, 0.4) is 0 Å². The molecule has 0 radical (unpaired) electrons. The fourth-order valence-electron chi connectivity index (χ4n) is 1.76. The highest BCUT2D eigenvalue weighted by Crippen LogP contribution is 2.35. The van der Waals surface area contributed by atoms with Gasteiger partial charge in [-0.2, -0.15) is 0 Å². The molecule has 0 fully saturated rings. The van der Waals surface area contributed by atoms with Crippen LogP contribution in [0.2, 0.25) is 5.02 Å². The van der Waals surface area contributed by atoms with Crippen molar-refractivity contribution < 1.29 is 9.53 Å². The minimum Gasteiger partial charge on any atom is -0.465 e. The lowest BCUT2D eigenvalue weighted by Gasteiger charge is -2.19. The second-order valence-corrected chi connectivity index (χ2v) is 7.16. The molecule has 0 aliphatic rings. The molecule has 0 spiro atoms. The average Bonchev–Trinajstić information content (AvgIpc) is 2.92. The Bertz CT molecular complexity index is 669. The third-order valence-corrected chi connectivity index (χ3v) is 4.89. The standard InChI is InChI=1S/C15H15BrClNO2S/c1-4-20-14(19)15(2,3)12-8-21-13(18-12)10-7-9(17)5-6-11(10)16/h5-8H,4H2,1-3H3. The number of carbonyl (C=O) groups excluding carboxylic acids is 1. The van der Waals surface area contributed by atoms with Gasteiger partial charge in [0.1, 0.15) is 10.4 Å². The quantitative estimate of drug-likeness (QED) is 0.687. The molecular weight excluding hydrogens is 374 g/mol. The molecule has 0 saturated heterocycles. The van der Waals surface area contributed by atoms with Crippen LogP contribution < -0.4 is 0 Å². The van der Waals surface area contributed by atoms with Gasteiger partial charge in [0.25, 0.3) is 0 Å². The van der Waals surface area contributed by atoms with E-state index in [4.69, 9.17) is 16.3 Å². The Morgan fingerprint density at radius 1 is 1.48 bits per heavy atom. The molecule has 0 aliphatic heterocycles. The number of halogens is 2. The fourth-order valence-corrected chi connectivity index (χ4v) is 3.52. The summed E-state index contributed by atoms with van der Waals surface area (Å²) in [6.07, 6.45) is 0. The van der Waals surface area contributed by atoms with Crippen molar-refractivity contribution in [3.05, 3.63) is 38.8 Å². The van der Waals surface area contributed by atoms with E-state index in [9.17, 15) is 4.79 Å². The summed E-state index contributed by atoms with van der Waals surface area (Å²) in [5.74, 6) is -0.271. The maximum absolute atomic E-state index is 12.0. The Labute approximate surface area is 141 Å². The first kappa shape index (κ1) is 16.5. The number of hydrogen-bond donors (Lipinski definition) is 0. The zero-order valence-corrected chi connectivity index (χ0v) is 15.1. The molecule has 0 saturated carbocycles. The summed E-state index contributed by atoms with van der Waals surface area (Å²) in [5, 5.41) is 3.35. The van der Waals surface area contributed by atoms with Crippen LogP contribution in [0.15, 0.2) is 28.1 Å². The number of nitrogens with zero attached hydrogens (tertiary/aromatic N) is 1. The number of benzene rings is 1. The Balaban J connectivity index is 2.38. The van der Waals surface area contributed by atoms with Crippen molar-refractivity contribution >= 4 is 44.8 Å². The molecule has 0 aliphatic carbocycles. The van der Waals surface area contributed by atoms with E-state index in [0.717, 1.165) is 15.0 Å². The predicted octanol–water partition coefficient (Wildman–Crippen LogP) is 5.07. The summed E-state index contributed by atoms with van der Waals surface area (Å²) in [5.41, 5.74) is 0.849. The zero-order chi connectivity index (χ0) is 15.6. The number of carbonyl (C=O) groups is 1. The first-order valence-electron chi connectivity index (χ1n) is 6.45. The molecule has 0 amide bonds. The SMILES string of the molecule is CCOC(=O)C(C)(C)c1csc(-c2cc(Cl)ccc2Br)n1. The van der Waals surface area contributed by atoms with Crippen molar-refractivity contribution in [2.75, 3.05) is 6.61 Å². The number of thiazole rings is 1. The van der Waals surface area contributed by atoms with Gasteiger partial charge in [-0.25, -0.2) is 4.98 Å². The van der Waals surface area contributed by atoms with Gasteiger partial charge >= 0.3 is 5.97 Å². The van der Waals surface area contributed by atoms with E-state index in [0.29, 0.717) is 17.3 Å². The van der Waals surface area contributed by atoms with Crippen LogP contribution in [-0.4, -0.2) is 17.6 Å². The van der Waals surface area contributed by atoms with E-state index in [1.165, 1.54) is 11.3 Å². The van der Waals surface area contributed by atoms with Gasteiger partial charge in [0.05, 0.1) is 12.3 Å². The lowest BCUT2D eigenvalue weighted by atomic mass is 9.90. The van der Waals surface area contributed by atoms with E-state index in [2.05, 4.69) is 20.9 Å². The first-order valence-corrected chi connectivity index (χ1v) is 8.50. The van der Waals surface area contributed by atoms with Crippen molar-refractivity contribution in [2.45, 2.75) is 26.2 Å². The molecular formula is C15H15BrClNO2S. The van der Waals surface area contributed by atoms with Crippen LogP contribution in [-0.2, 0) is 14.9 Å². The Kier molecular flexibility index (Phi) is 5.07. The van der Waals surface area contributed by atoms with Gasteiger partial charge in [0.2, 0.25) is 0 Å². The predicted molar refractivity (Wildman–Crippen MR) is 89.9 cm³/mol. The first-order chi connectivity index (χ1) is 9.86. The molecule has 0 N–H and O–H groups in total. The maximum atomic E-state index is 12.0. The van der Waals surface area contributed by atoms with Crippen molar-refractivity contribution in [3.63, 3.8) is 0 Å². The molecule has 21 heavy (non-hydrogen) atoms. The van der Waals surface area contributed by atoms with Gasteiger partial charge < -0.3 is 4.74 Å². The number of hydrogen-bond acceptors (Lipinski definition) is 4. The summed E-state index contributed by atoms with van der Waals surface area (Å²) < 4.78 is 6.03. The lowest BCUT2D eigenvalue weighted by Crippen LogP contribution is -2.31. The molecule has 6 heteroatoms. The van der Waals surface area contributed by atoms with Crippen LogP contribution in [0.1, 0.15) is 26.5 Å². The summed E-state index contributed by atoms with van der Waals surface area (Å²) in [7, 11) is 0. The van der Waals surface area contributed by atoms with Crippen LogP contribution in [0.4, 0.5) is 0 Å².